The van der Waals surface area contributed by atoms with Gasteiger partial charge in [0, 0.05) is 24.7 Å². The molecule has 1 amide bonds. The van der Waals surface area contributed by atoms with Gasteiger partial charge in [0.1, 0.15) is 0 Å². The summed E-state index contributed by atoms with van der Waals surface area (Å²) in [5.41, 5.74) is 1.36. The summed E-state index contributed by atoms with van der Waals surface area (Å²) in [7, 11) is -3.62. The molecular formula is C21H26N2O3S. The van der Waals surface area contributed by atoms with Gasteiger partial charge in [-0.05, 0) is 43.2 Å². The van der Waals surface area contributed by atoms with Gasteiger partial charge in [-0.15, -0.1) is 6.58 Å². The minimum absolute atomic E-state index is 0.108. The van der Waals surface area contributed by atoms with Crippen LogP contribution in [0.5, 0.6) is 0 Å². The molecule has 0 heterocycles. The molecule has 2 aromatic rings. The predicted molar refractivity (Wildman–Crippen MR) is 108 cm³/mol. The van der Waals surface area contributed by atoms with Crippen molar-refractivity contribution in [2.75, 3.05) is 6.54 Å². The minimum atomic E-state index is -3.62. The third-order valence-corrected chi connectivity index (χ3v) is 6.10. The van der Waals surface area contributed by atoms with Crippen LogP contribution in [0, 0.1) is 0 Å². The molecule has 0 saturated heterocycles. The van der Waals surface area contributed by atoms with Gasteiger partial charge in [0.25, 0.3) is 5.91 Å². The highest BCUT2D eigenvalue weighted by atomic mass is 32.2. The summed E-state index contributed by atoms with van der Waals surface area (Å²) >= 11 is 0. The smallest absolute Gasteiger partial charge is 0.251 e. The maximum atomic E-state index is 12.9. The molecule has 0 unspecified atom stereocenters. The molecule has 0 radical (unpaired) electrons. The van der Waals surface area contributed by atoms with E-state index in [0.717, 1.165) is 12.0 Å². The van der Waals surface area contributed by atoms with Gasteiger partial charge in [-0.2, -0.15) is 4.31 Å². The number of hydrogen-bond acceptors (Lipinski definition) is 3. The number of nitrogens with one attached hydrogen (secondary N) is 1. The Hall–Kier alpha value is -2.44. The van der Waals surface area contributed by atoms with Gasteiger partial charge >= 0.3 is 0 Å². The molecule has 0 saturated carbocycles. The monoisotopic (exact) mass is 386 g/mol. The fourth-order valence-electron chi connectivity index (χ4n) is 2.51. The van der Waals surface area contributed by atoms with E-state index in [1.54, 1.807) is 60.7 Å². The van der Waals surface area contributed by atoms with Crippen LogP contribution >= 0.6 is 0 Å². The first-order valence-corrected chi connectivity index (χ1v) is 10.4. The quantitative estimate of drug-likeness (QED) is 0.670. The maximum absolute atomic E-state index is 12.9. The zero-order valence-corrected chi connectivity index (χ0v) is 16.6. The van der Waals surface area contributed by atoms with Crippen LogP contribution in [-0.2, 0) is 16.6 Å². The summed E-state index contributed by atoms with van der Waals surface area (Å²) in [6.45, 7) is 8.03. The molecule has 2 rings (SSSR count). The summed E-state index contributed by atoms with van der Waals surface area (Å²) in [6.07, 6.45) is 2.42. The van der Waals surface area contributed by atoms with Gasteiger partial charge < -0.3 is 5.32 Å². The van der Waals surface area contributed by atoms with Gasteiger partial charge in [0.2, 0.25) is 10.0 Å². The van der Waals surface area contributed by atoms with Crippen LogP contribution in [0.15, 0.2) is 72.1 Å². The van der Waals surface area contributed by atoms with Gasteiger partial charge in [-0.1, -0.05) is 43.3 Å². The zero-order chi connectivity index (χ0) is 19.9. The normalized spacial score (nSPS) is 12.6. The largest absolute Gasteiger partial charge is 0.350 e. The Morgan fingerprint density at radius 1 is 1.15 bits per heavy atom. The molecule has 0 spiro atoms. The Kier molecular flexibility index (Phi) is 7.33. The number of hydrogen-bond donors (Lipinski definition) is 1. The lowest BCUT2D eigenvalue weighted by Crippen LogP contribution is -2.32. The molecule has 0 aliphatic carbocycles. The van der Waals surface area contributed by atoms with Crippen molar-refractivity contribution in [3.63, 3.8) is 0 Å². The first-order valence-electron chi connectivity index (χ1n) is 8.94. The fourth-order valence-corrected chi connectivity index (χ4v) is 3.93. The highest BCUT2D eigenvalue weighted by molar-refractivity contribution is 7.89. The van der Waals surface area contributed by atoms with Crippen molar-refractivity contribution in [1.82, 2.24) is 9.62 Å². The highest BCUT2D eigenvalue weighted by Gasteiger charge is 2.23. The minimum Gasteiger partial charge on any atom is -0.350 e. The lowest BCUT2D eigenvalue weighted by molar-refractivity contribution is 0.0939. The molecule has 0 aliphatic rings. The van der Waals surface area contributed by atoms with Crippen LogP contribution in [0.1, 0.15) is 36.2 Å². The van der Waals surface area contributed by atoms with Crippen LogP contribution in [-0.4, -0.2) is 31.2 Å². The molecule has 1 atom stereocenters. The van der Waals surface area contributed by atoms with Gasteiger partial charge in [-0.25, -0.2) is 8.42 Å². The molecule has 0 aromatic heterocycles. The van der Waals surface area contributed by atoms with E-state index < -0.39 is 10.0 Å². The van der Waals surface area contributed by atoms with E-state index in [1.165, 1.54) is 4.31 Å². The van der Waals surface area contributed by atoms with Crippen molar-refractivity contribution in [1.29, 1.82) is 0 Å². The molecule has 144 valence electrons. The Bertz CT molecular complexity index is 862. The van der Waals surface area contributed by atoms with Crippen molar-refractivity contribution in [2.24, 2.45) is 0 Å². The van der Waals surface area contributed by atoms with E-state index in [4.69, 9.17) is 0 Å². The first-order chi connectivity index (χ1) is 12.9. The van der Waals surface area contributed by atoms with Crippen LogP contribution in [0.4, 0.5) is 0 Å². The second-order valence-corrected chi connectivity index (χ2v) is 8.32. The van der Waals surface area contributed by atoms with E-state index in [2.05, 4.69) is 11.9 Å². The summed E-state index contributed by atoms with van der Waals surface area (Å²) in [6, 6.07) is 15.4. The van der Waals surface area contributed by atoms with Crippen molar-refractivity contribution in [3.05, 3.63) is 78.4 Å². The van der Waals surface area contributed by atoms with Gasteiger partial charge in [0.15, 0.2) is 0 Å². The summed E-state index contributed by atoms with van der Waals surface area (Å²) < 4.78 is 27.1. The summed E-state index contributed by atoms with van der Waals surface area (Å²) in [5, 5.41) is 2.91. The zero-order valence-electron chi connectivity index (χ0n) is 15.8. The van der Waals surface area contributed by atoms with Crippen molar-refractivity contribution >= 4 is 15.9 Å². The number of benzene rings is 2. The van der Waals surface area contributed by atoms with E-state index in [0.29, 0.717) is 5.56 Å². The Morgan fingerprint density at radius 2 is 1.78 bits per heavy atom. The van der Waals surface area contributed by atoms with Crippen molar-refractivity contribution < 1.29 is 13.2 Å². The number of amides is 1. The van der Waals surface area contributed by atoms with Gasteiger partial charge in [-0.3, -0.25) is 4.79 Å². The molecule has 27 heavy (non-hydrogen) atoms. The first kappa shape index (κ1) is 20.9. The molecule has 0 fully saturated rings. The third-order valence-electron chi connectivity index (χ3n) is 4.28. The molecule has 6 heteroatoms. The lowest BCUT2D eigenvalue weighted by Gasteiger charge is -2.21. The SMILES string of the molecule is C=CCN(Cc1ccc(C(=O)N[C@@H](C)CC)cc1)S(=O)(=O)c1ccccc1. The molecule has 0 aliphatic heterocycles. The predicted octanol–water partition coefficient (Wildman–Crippen LogP) is 3.59. The molecule has 1 N–H and O–H groups in total. The van der Waals surface area contributed by atoms with E-state index in [9.17, 15) is 13.2 Å². The van der Waals surface area contributed by atoms with Gasteiger partial charge in [0.05, 0.1) is 4.90 Å². The number of sulfonamides is 1. The standard InChI is InChI=1S/C21H26N2O3S/c1-4-15-23(27(25,26)20-9-7-6-8-10-20)16-18-11-13-19(14-12-18)21(24)22-17(3)5-2/h4,6-14,17H,1,5,15-16H2,2-3H3,(H,22,24)/t17-/m0/s1. The Balaban J connectivity index is 2.17. The van der Waals surface area contributed by atoms with Crippen LogP contribution < -0.4 is 5.32 Å². The second kappa shape index (κ2) is 9.48. The summed E-state index contributed by atoms with van der Waals surface area (Å²) in [5.74, 6) is -0.129. The highest BCUT2D eigenvalue weighted by Crippen LogP contribution is 2.18. The van der Waals surface area contributed by atoms with E-state index in [-0.39, 0.29) is 29.9 Å². The molecular weight excluding hydrogens is 360 g/mol. The topological polar surface area (TPSA) is 66.5 Å². The lowest BCUT2D eigenvalue weighted by atomic mass is 10.1. The van der Waals surface area contributed by atoms with Crippen molar-refractivity contribution in [2.45, 2.75) is 37.8 Å². The van der Waals surface area contributed by atoms with Crippen LogP contribution in [0.25, 0.3) is 0 Å². The maximum Gasteiger partial charge on any atom is 0.251 e. The Morgan fingerprint density at radius 3 is 2.33 bits per heavy atom. The van der Waals surface area contributed by atoms with Crippen LogP contribution in [0.2, 0.25) is 0 Å². The molecule has 0 bridgehead atoms. The number of carbonyl (C=O) groups excluding carboxylic acids is 1. The summed E-state index contributed by atoms with van der Waals surface area (Å²) in [4.78, 5) is 12.4. The van der Waals surface area contributed by atoms with E-state index >= 15 is 0 Å². The van der Waals surface area contributed by atoms with Crippen molar-refractivity contribution in [3.8, 4) is 0 Å². The Labute approximate surface area is 161 Å². The number of rotatable bonds is 9. The number of carbonyl (C=O) groups is 1. The molecule has 5 nitrogen and oxygen atoms in total. The third kappa shape index (κ3) is 5.52. The second-order valence-electron chi connectivity index (χ2n) is 6.38. The average molecular weight is 387 g/mol. The van der Waals surface area contributed by atoms with Crippen LogP contribution in [0.3, 0.4) is 0 Å². The fraction of sp³-hybridized carbons (Fsp3) is 0.286. The average Bonchev–Trinajstić information content (AvgIpc) is 2.68. The number of nitrogens with zero attached hydrogens (tertiary/aromatic N) is 1. The molecule has 2 aromatic carbocycles. The van der Waals surface area contributed by atoms with E-state index in [1.807, 2.05) is 13.8 Å².